The third-order valence-corrected chi connectivity index (χ3v) is 1.39. The average Bonchev–Trinajstić information content (AvgIpc) is 2.15. The summed E-state index contributed by atoms with van der Waals surface area (Å²) in [5.41, 5.74) is -2.74. The molecule has 0 aliphatic carbocycles. The van der Waals surface area contributed by atoms with E-state index in [0.717, 1.165) is 0 Å². The molecule has 6 N–H and O–H groups in total. The number of aliphatic carboxylic acids is 3. The van der Waals surface area contributed by atoms with Crippen LogP contribution in [0.4, 0.5) is 0 Å². The van der Waals surface area contributed by atoms with E-state index in [1.54, 1.807) is 0 Å². The van der Waals surface area contributed by atoms with E-state index < -0.39 is 36.4 Å². The maximum Gasteiger partial charge on any atom is 0.336 e. The number of rotatable bonds is 6. The maximum absolute atomic E-state index is 10.3. The molecule has 0 heterocycles. The van der Waals surface area contributed by atoms with E-state index in [1.807, 2.05) is 0 Å². The Labute approximate surface area is 207 Å². The van der Waals surface area contributed by atoms with Crippen molar-refractivity contribution in [3.8, 4) is 0 Å². The monoisotopic (exact) mass is 528 g/mol. The molecule has 0 atom stereocenters. The molecular formula is C8H14BaO9SrTi. The van der Waals surface area contributed by atoms with Crippen molar-refractivity contribution in [2.75, 3.05) is 13.2 Å². The van der Waals surface area contributed by atoms with Gasteiger partial charge in [0.25, 0.3) is 0 Å². The van der Waals surface area contributed by atoms with Gasteiger partial charge >= 0.3 is 17.9 Å². The van der Waals surface area contributed by atoms with Gasteiger partial charge in [-0.05, 0) is 0 Å². The zero-order valence-corrected chi connectivity index (χ0v) is 20.1. The van der Waals surface area contributed by atoms with Gasteiger partial charge in [-0.25, -0.2) is 4.79 Å². The third-order valence-electron chi connectivity index (χ3n) is 1.39. The van der Waals surface area contributed by atoms with Gasteiger partial charge in [-0.15, -0.1) is 0 Å². The van der Waals surface area contributed by atoms with E-state index >= 15 is 0 Å². The van der Waals surface area contributed by atoms with Gasteiger partial charge in [0.15, 0.2) is 5.60 Å². The van der Waals surface area contributed by atoms with E-state index in [2.05, 4.69) is 0 Å². The Kier molecular flexibility index (Phi) is 32.1. The van der Waals surface area contributed by atoms with Gasteiger partial charge in [0.2, 0.25) is 0 Å². The molecule has 9 nitrogen and oxygen atoms in total. The Balaban J connectivity index is -0.0000000951. The average molecular weight is 527 g/mol. The number of carboxylic acid groups (broad SMARTS) is 3. The summed E-state index contributed by atoms with van der Waals surface area (Å²) in [7, 11) is 0. The Bertz CT molecular complexity index is 271. The van der Waals surface area contributed by atoms with Crippen LogP contribution in [-0.4, -0.2) is 162 Å². The first-order valence-corrected chi connectivity index (χ1v) is 4.30. The third kappa shape index (κ3) is 20.1. The first kappa shape index (κ1) is 33.6. The van der Waals surface area contributed by atoms with Crippen LogP contribution in [0.3, 0.4) is 0 Å². The van der Waals surface area contributed by atoms with Crippen molar-refractivity contribution in [3.63, 3.8) is 0 Å². The second kappa shape index (κ2) is 19.1. The number of hydrogen-bond acceptors (Lipinski definition) is 6. The van der Waals surface area contributed by atoms with E-state index in [1.165, 1.54) is 0 Å². The summed E-state index contributed by atoms with van der Waals surface area (Å²) in [6, 6.07) is 0. The largest absolute Gasteiger partial charge is 0.481 e. The van der Waals surface area contributed by atoms with Crippen LogP contribution in [0.15, 0.2) is 0 Å². The van der Waals surface area contributed by atoms with Gasteiger partial charge in [0.1, 0.15) is 0 Å². The summed E-state index contributed by atoms with van der Waals surface area (Å²) in [6.07, 6.45) is -2.29. The Morgan fingerprint density at radius 3 is 1.20 bits per heavy atom. The molecule has 0 rings (SSSR count). The summed E-state index contributed by atoms with van der Waals surface area (Å²) >= 11 is 0. The molecule has 0 aromatic heterocycles. The molecule has 0 aromatic rings. The van der Waals surface area contributed by atoms with Crippen LogP contribution in [0.2, 0.25) is 0 Å². The van der Waals surface area contributed by atoms with Crippen molar-refractivity contribution in [2.45, 2.75) is 18.4 Å². The molecule has 0 unspecified atom stereocenters. The minimum absolute atomic E-state index is 0. The molecule has 0 amide bonds. The van der Waals surface area contributed by atoms with E-state index in [-0.39, 0.29) is 129 Å². The van der Waals surface area contributed by atoms with Crippen LogP contribution >= 0.6 is 0 Å². The summed E-state index contributed by atoms with van der Waals surface area (Å²) < 4.78 is 0. The van der Waals surface area contributed by atoms with Crippen molar-refractivity contribution < 1.29 is 66.7 Å². The topological polar surface area (TPSA) is 173 Å². The Hall–Kier alpha value is 2.06. The van der Waals surface area contributed by atoms with Crippen molar-refractivity contribution in [2.24, 2.45) is 0 Å². The van der Waals surface area contributed by atoms with Gasteiger partial charge in [-0.1, -0.05) is 0 Å². The summed E-state index contributed by atoms with van der Waals surface area (Å²) in [5, 5.41) is 49.1. The fourth-order valence-corrected chi connectivity index (χ4v) is 0.714. The molecule has 0 aromatic carbocycles. The van der Waals surface area contributed by atoms with Crippen LogP contribution in [0, 0.1) is 0 Å². The van der Waals surface area contributed by atoms with Crippen LogP contribution in [0.25, 0.3) is 0 Å². The summed E-state index contributed by atoms with van der Waals surface area (Å²) in [4.78, 5) is 30.5. The normalized spacial score (nSPS) is 8.55. The second-order valence-corrected chi connectivity index (χ2v) is 2.92. The van der Waals surface area contributed by atoms with E-state index in [4.69, 9.17) is 30.6 Å². The minimum Gasteiger partial charge on any atom is -0.481 e. The van der Waals surface area contributed by atoms with E-state index in [9.17, 15) is 14.4 Å². The molecule has 0 spiro atoms. The van der Waals surface area contributed by atoms with Crippen LogP contribution < -0.4 is 0 Å². The molecular weight excluding hydrogens is 513 g/mol. The fraction of sp³-hybridized carbons (Fsp3) is 0.625. The van der Waals surface area contributed by atoms with E-state index in [0.29, 0.717) is 0 Å². The minimum atomic E-state index is -2.74. The molecule has 0 bridgehead atoms. The first-order valence-electron chi connectivity index (χ1n) is 4.30. The Morgan fingerprint density at radius 2 is 1.10 bits per heavy atom. The molecule has 108 valence electrons. The Morgan fingerprint density at radius 1 is 0.850 bits per heavy atom. The van der Waals surface area contributed by atoms with Crippen LogP contribution in [0.1, 0.15) is 12.8 Å². The summed E-state index contributed by atoms with van der Waals surface area (Å²) in [5.74, 6) is -5.02. The number of carboxylic acids is 3. The van der Waals surface area contributed by atoms with Crippen molar-refractivity contribution in [3.05, 3.63) is 0 Å². The molecule has 0 saturated carbocycles. The van der Waals surface area contributed by atoms with Gasteiger partial charge in [-0.3, -0.25) is 9.59 Å². The second-order valence-electron chi connectivity index (χ2n) is 2.92. The first-order chi connectivity index (χ1) is 7.69. The number of hydrogen-bond donors (Lipinski definition) is 6. The summed E-state index contributed by atoms with van der Waals surface area (Å²) in [6.45, 7) is -0.250. The van der Waals surface area contributed by atoms with Crippen LogP contribution in [0.5, 0.6) is 0 Å². The smallest absolute Gasteiger partial charge is 0.336 e. The predicted molar refractivity (Wildman–Crippen MR) is 62.8 cm³/mol. The van der Waals surface area contributed by atoms with Gasteiger partial charge in [-0.2, -0.15) is 0 Å². The molecule has 0 fully saturated rings. The SMILES string of the molecule is O=C(O)CC(O)(CC(=O)O)C(=O)O.OCCO.[Ba].[Sr].[Ti]. The number of aliphatic hydroxyl groups is 3. The van der Waals surface area contributed by atoms with Gasteiger partial charge in [0.05, 0.1) is 26.1 Å². The molecule has 0 aliphatic rings. The molecule has 20 heavy (non-hydrogen) atoms. The molecule has 12 heteroatoms. The number of aliphatic hydroxyl groups excluding tert-OH is 2. The molecule has 0 saturated heterocycles. The fourth-order valence-electron chi connectivity index (χ4n) is 0.714. The zero-order valence-electron chi connectivity index (χ0n) is 10.7. The van der Waals surface area contributed by atoms with Crippen molar-refractivity contribution in [1.82, 2.24) is 0 Å². The molecule has 4 radical (unpaired) electrons. The predicted octanol–water partition coefficient (Wildman–Crippen LogP) is -3.04. The van der Waals surface area contributed by atoms with Crippen molar-refractivity contribution in [1.29, 1.82) is 0 Å². The zero-order chi connectivity index (χ0) is 14.1. The van der Waals surface area contributed by atoms with Crippen molar-refractivity contribution >= 4 is 112 Å². The van der Waals surface area contributed by atoms with Gasteiger partial charge in [0, 0.05) is 116 Å². The van der Waals surface area contributed by atoms with Gasteiger partial charge < -0.3 is 30.6 Å². The molecule has 0 aliphatic heterocycles. The number of carbonyl (C=O) groups is 3. The quantitative estimate of drug-likeness (QED) is 0.197. The van der Waals surface area contributed by atoms with Crippen LogP contribution in [-0.2, 0) is 36.1 Å². The maximum atomic E-state index is 10.3. The standard InChI is InChI=1S/C6H8O7.C2H6O2.Ba.Sr.Ti/c7-3(8)1-6(13,5(11)12)2-4(9)10;3-1-2-4;;;/h13H,1-2H2,(H,7,8)(H,9,10)(H,11,12);3-4H,1-2H2;;;.